The molecule has 2 unspecified atom stereocenters. The molecule has 3 nitrogen and oxygen atoms in total. The Hall–Kier alpha value is -0.120. The van der Waals surface area contributed by atoms with E-state index in [4.69, 9.17) is 9.47 Å². The van der Waals surface area contributed by atoms with Gasteiger partial charge >= 0.3 is 0 Å². The number of rotatable bonds is 8. The molecule has 0 aliphatic heterocycles. The Kier molecular flexibility index (Phi) is 8.02. The van der Waals surface area contributed by atoms with Crippen molar-refractivity contribution >= 4 is 0 Å². The predicted molar refractivity (Wildman–Crippen MR) is 63.2 cm³/mol. The molecule has 0 aliphatic carbocycles. The van der Waals surface area contributed by atoms with Gasteiger partial charge in [-0.15, -0.1) is 0 Å². The Balaban J connectivity index is 3.44. The largest absolute Gasteiger partial charge is 0.374 e. The van der Waals surface area contributed by atoms with Gasteiger partial charge in [0.25, 0.3) is 0 Å². The van der Waals surface area contributed by atoms with Gasteiger partial charge in [-0.2, -0.15) is 0 Å². The summed E-state index contributed by atoms with van der Waals surface area (Å²) < 4.78 is 11.2. The van der Waals surface area contributed by atoms with Gasteiger partial charge in [0.15, 0.2) is 0 Å². The quantitative estimate of drug-likeness (QED) is 0.623. The van der Waals surface area contributed by atoms with E-state index in [-0.39, 0.29) is 24.4 Å². The van der Waals surface area contributed by atoms with Gasteiger partial charge in [0.2, 0.25) is 0 Å². The summed E-state index contributed by atoms with van der Waals surface area (Å²) in [4.78, 5) is 0. The zero-order valence-corrected chi connectivity index (χ0v) is 11.0. The summed E-state index contributed by atoms with van der Waals surface area (Å²) in [5, 5.41) is 4.43. The first-order valence-corrected chi connectivity index (χ1v) is 5.86. The van der Waals surface area contributed by atoms with Gasteiger partial charge in [0, 0.05) is 13.1 Å². The highest BCUT2D eigenvalue weighted by molar-refractivity contribution is 4.60. The highest BCUT2D eigenvalue weighted by Crippen LogP contribution is 1.98. The number of hydrogen-bond donors (Lipinski definition) is 0. The minimum absolute atomic E-state index is 0.205. The molecule has 0 heterocycles. The monoisotopic (exact) mass is 216 g/mol. The zero-order chi connectivity index (χ0) is 11.8. The molecule has 0 saturated heterocycles. The third-order valence-corrected chi connectivity index (χ3v) is 1.78. The van der Waals surface area contributed by atoms with E-state index < -0.39 is 0 Å². The Labute approximate surface area is 94.5 Å². The lowest BCUT2D eigenvalue weighted by molar-refractivity contribution is 0.00451. The van der Waals surface area contributed by atoms with Gasteiger partial charge in [0.05, 0.1) is 24.4 Å². The summed E-state index contributed by atoms with van der Waals surface area (Å²) in [6.07, 6.45) is 0.964. The third-order valence-electron chi connectivity index (χ3n) is 1.78. The lowest BCUT2D eigenvalue weighted by Crippen LogP contribution is -2.30. The molecule has 0 saturated carbocycles. The molecular weight excluding hydrogens is 190 g/mol. The second-order valence-electron chi connectivity index (χ2n) is 4.58. The van der Waals surface area contributed by atoms with Crippen LogP contribution in [0, 0.1) is 0 Å². The highest BCUT2D eigenvalue weighted by Gasteiger charge is 2.08. The topological polar surface area (TPSA) is 32.6 Å². The van der Waals surface area contributed by atoms with Gasteiger partial charge in [-0.05, 0) is 41.5 Å². The fourth-order valence-electron chi connectivity index (χ4n) is 1.45. The standard InChI is InChI=1S/C12H26NO2/c1-9(2)14-11(5)7-13-8-12(6)15-10(3)4/h9-12H,7-8H2,1-6H3. The first-order chi connectivity index (χ1) is 6.91. The Morgan fingerprint density at radius 3 is 1.33 bits per heavy atom. The van der Waals surface area contributed by atoms with Crippen molar-refractivity contribution in [3.8, 4) is 0 Å². The maximum atomic E-state index is 5.58. The average molecular weight is 216 g/mol. The molecule has 91 valence electrons. The van der Waals surface area contributed by atoms with Crippen molar-refractivity contribution in [1.29, 1.82) is 0 Å². The lowest BCUT2D eigenvalue weighted by Gasteiger charge is -2.18. The fourth-order valence-corrected chi connectivity index (χ4v) is 1.45. The molecule has 0 N–H and O–H groups in total. The molecule has 0 aliphatic rings. The van der Waals surface area contributed by atoms with Crippen molar-refractivity contribution < 1.29 is 9.47 Å². The lowest BCUT2D eigenvalue weighted by atomic mass is 10.3. The van der Waals surface area contributed by atoms with Crippen LogP contribution in [0.1, 0.15) is 41.5 Å². The first-order valence-electron chi connectivity index (χ1n) is 5.86. The van der Waals surface area contributed by atoms with Crippen molar-refractivity contribution in [3.63, 3.8) is 0 Å². The molecule has 0 aromatic carbocycles. The maximum Gasteiger partial charge on any atom is 0.0691 e. The minimum Gasteiger partial charge on any atom is -0.374 e. The SMILES string of the molecule is CC(C)OC(C)C[N]CC(C)OC(C)C. The van der Waals surface area contributed by atoms with E-state index in [9.17, 15) is 0 Å². The summed E-state index contributed by atoms with van der Waals surface area (Å²) in [6, 6.07) is 0. The average Bonchev–Trinajstić information content (AvgIpc) is 2.00. The van der Waals surface area contributed by atoms with Crippen LogP contribution in [0.4, 0.5) is 0 Å². The van der Waals surface area contributed by atoms with Crippen molar-refractivity contribution in [3.05, 3.63) is 0 Å². The summed E-state index contributed by atoms with van der Waals surface area (Å²) in [6.45, 7) is 13.8. The summed E-state index contributed by atoms with van der Waals surface area (Å²) in [5.41, 5.74) is 0. The van der Waals surface area contributed by atoms with Crippen LogP contribution in [0.15, 0.2) is 0 Å². The molecule has 0 amide bonds. The molecule has 0 bridgehead atoms. The molecular formula is C12H26NO2. The minimum atomic E-state index is 0.205. The van der Waals surface area contributed by atoms with E-state index in [1.165, 1.54) is 0 Å². The number of nitrogens with zero attached hydrogens (tertiary/aromatic N) is 1. The van der Waals surface area contributed by atoms with Gasteiger partial charge in [0.1, 0.15) is 0 Å². The van der Waals surface area contributed by atoms with Gasteiger partial charge < -0.3 is 9.47 Å². The van der Waals surface area contributed by atoms with Crippen LogP contribution in [0.2, 0.25) is 0 Å². The first kappa shape index (κ1) is 14.9. The smallest absolute Gasteiger partial charge is 0.0691 e. The maximum absolute atomic E-state index is 5.58. The molecule has 0 spiro atoms. The zero-order valence-electron chi connectivity index (χ0n) is 11.0. The second kappa shape index (κ2) is 8.08. The van der Waals surface area contributed by atoms with Crippen LogP contribution in [-0.4, -0.2) is 37.5 Å². The molecule has 3 heteroatoms. The van der Waals surface area contributed by atoms with E-state index >= 15 is 0 Å². The molecule has 0 aromatic heterocycles. The Bertz CT molecular complexity index is 133. The summed E-state index contributed by atoms with van der Waals surface area (Å²) in [7, 11) is 0. The van der Waals surface area contributed by atoms with E-state index in [0.29, 0.717) is 0 Å². The van der Waals surface area contributed by atoms with Crippen LogP contribution in [-0.2, 0) is 9.47 Å². The molecule has 0 rings (SSSR count). The van der Waals surface area contributed by atoms with Crippen LogP contribution in [0.3, 0.4) is 0 Å². The van der Waals surface area contributed by atoms with Crippen LogP contribution in [0.25, 0.3) is 0 Å². The molecule has 15 heavy (non-hydrogen) atoms. The molecule has 2 atom stereocenters. The van der Waals surface area contributed by atoms with E-state index in [2.05, 4.69) is 19.2 Å². The predicted octanol–water partition coefficient (Wildman–Crippen LogP) is 2.22. The van der Waals surface area contributed by atoms with E-state index in [1.54, 1.807) is 0 Å². The van der Waals surface area contributed by atoms with E-state index in [0.717, 1.165) is 13.1 Å². The number of ether oxygens (including phenoxy) is 2. The van der Waals surface area contributed by atoms with Gasteiger partial charge in [-0.3, -0.25) is 0 Å². The van der Waals surface area contributed by atoms with E-state index in [1.807, 2.05) is 27.7 Å². The number of hydrogen-bond acceptors (Lipinski definition) is 2. The molecule has 1 radical (unpaired) electrons. The van der Waals surface area contributed by atoms with Crippen LogP contribution < -0.4 is 5.32 Å². The van der Waals surface area contributed by atoms with Gasteiger partial charge in [-0.1, -0.05) is 0 Å². The highest BCUT2D eigenvalue weighted by atomic mass is 16.5. The fraction of sp³-hybridized carbons (Fsp3) is 1.00. The van der Waals surface area contributed by atoms with Crippen LogP contribution in [0.5, 0.6) is 0 Å². The summed E-state index contributed by atoms with van der Waals surface area (Å²) >= 11 is 0. The van der Waals surface area contributed by atoms with Crippen molar-refractivity contribution in [2.75, 3.05) is 13.1 Å². The third kappa shape index (κ3) is 10.2. The summed E-state index contributed by atoms with van der Waals surface area (Å²) in [5.74, 6) is 0. The molecule has 0 aromatic rings. The van der Waals surface area contributed by atoms with Crippen molar-refractivity contribution in [2.45, 2.75) is 66.0 Å². The molecule has 0 fully saturated rings. The van der Waals surface area contributed by atoms with Crippen molar-refractivity contribution in [2.24, 2.45) is 0 Å². The Morgan fingerprint density at radius 2 is 1.07 bits per heavy atom. The Morgan fingerprint density at radius 1 is 0.733 bits per heavy atom. The van der Waals surface area contributed by atoms with Crippen LogP contribution >= 0.6 is 0 Å². The van der Waals surface area contributed by atoms with Gasteiger partial charge in [-0.25, -0.2) is 5.32 Å². The normalized spacial score (nSPS) is 16.0. The van der Waals surface area contributed by atoms with Crippen molar-refractivity contribution in [1.82, 2.24) is 5.32 Å². The second-order valence-corrected chi connectivity index (χ2v) is 4.58.